The van der Waals surface area contributed by atoms with Crippen molar-refractivity contribution in [3.05, 3.63) is 0 Å². The van der Waals surface area contributed by atoms with E-state index in [0.29, 0.717) is 5.94 Å². The fourth-order valence-electron chi connectivity index (χ4n) is 1.23. The highest BCUT2D eigenvalue weighted by atomic mass is 32.2. The summed E-state index contributed by atoms with van der Waals surface area (Å²) < 4.78 is 16.7. The van der Waals surface area contributed by atoms with Crippen LogP contribution in [-0.2, 0) is 13.3 Å². The van der Waals surface area contributed by atoms with Gasteiger partial charge in [-0.15, -0.1) is 11.8 Å². The second-order valence-corrected chi connectivity index (χ2v) is 7.91. The monoisotopic (exact) mass is 284 g/mol. The van der Waals surface area contributed by atoms with Crippen molar-refractivity contribution in [1.82, 2.24) is 0 Å². The first-order valence-electron chi connectivity index (χ1n) is 5.67. The molecule has 6 heteroatoms. The minimum Gasteiger partial charge on any atom is -0.377 e. The van der Waals surface area contributed by atoms with Gasteiger partial charge in [-0.2, -0.15) is 12.6 Å². The first-order chi connectivity index (χ1) is 7.74. The Kier molecular flexibility index (Phi) is 11.5. The topological polar surface area (TPSA) is 27.7 Å². The van der Waals surface area contributed by atoms with Crippen LogP contribution in [0.25, 0.3) is 0 Å². The maximum absolute atomic E-state index is 5.81. The van der Waals surface area contributed by atoms with Crippen LogP contribution < -0.4 is 0 Å². The van der Waals surface area contributed by atoms with Crippen LogP contribution in [0.15, 0.2) is 0 Å². The molecule has 0 saturated heterocycles. The van der Waals surface area contributed by atoms with Gasteiger partial charge in [-0.05, 0) is 24.3 Å². The zero-order chi connectivity index (χ0) is 12.3. The van der Waals surface area contributed by atoms with Gasteiger partial charge in [0, 0.05) is 20.3 Å². The zero-order valence-corrected chi connectivity index (χ0v) is 13.2. The lowest BCUT2D eigenvalue weighted by Crippen LogP contribution is -2.43. The minimum atomic E-state index is -2.36. The van der Waals surface area contributed by atoms with Gasteiger partial charge in [0.25, 0.3) is 0 Å². The lowest BCUT2D eigenvalue weighted by atomic mass is 10.4. The largest absolute Gasteiger partial charge is 0.501 e. The van der Waals surface area contributed by atoms with Crippen LogP contribution in [0.3, 0.4) is 0 Å². The summed E-state index contributed by atoms with van der Waals surface area (Å²) in [6.45, 7) is 2.16. The van der Waals surface area contributed by atoms with Crippen LogP contribution in [0.4, 0.5) is 0 Å². The summed E-state index contributed by atoms with van der Waals surface area (Å²) in [4.78, 5) is 0. The lowest BCUT2D eigenvalue weighted by molar-refractivity contribution is 0.117. The second kappa shape index (κ2) is 10.9. The highest BCUT2D eigenvalue weighted by Gasteiger charge is 2.37. The Bertz CT molecular complexity index is 157. The van der Waals surface area contributed by atoms with Gasteiger partial charge < -0.3 is 13.3 Å². The maximum Gasteiger partial charge on any atom is 0.501 e. The molecule has 0 saturated carbocycles. The van der Waals surface area contributed by atoms with E-state index < -0.39 is 8.80 Å². The SMILES string of the molecule is CCCC[Si](OC)(OC)OCSCCCS. The molecule has 0 rings (SSSR count). The summed E-state index contributed by atoms with van der Waals surface area (Å²) in [6, 6.07) is 0.906. The highest BCUT2D eigenvalue weighted by molar-refractivity contribution is 7.99. The standard InChI is InChI=1S/C10H24O3S2Si/c1-4-5-9-16(11-2,12-3)13-10-15-8-6-7-14/h14H,4-10H2,1-3H3. The average molecular weight is 285 g/mol. The van der Waals surface area contributed by atoms with E-state index >= 15 is 0 Å². The molecule has 0 atom stereocenters. The maximum atomic E-state index is 5.81. The predicted molar refractivity (Wildman–Crippen MR) is 76.4 cm³/mol. The normalized spacial score (nSPS) is 12.0. The molecule has 98 valence electrons. The number of hydrogen-bond donors (Lipinski definition) is 1. The summed E-state index contributed by atoms with van der Waals surface area (Å²) in [5.74, 6) is 2.67. The van der Waals surface area contributed by atoms with Crippen LogP contribution in [0.2, 0.25) is 6.04 Å². The van der Waals surface area contributed by atoms with Crippen molar-refractivity contribution in [2.24, 2.45) is 0 Å². The molecular formula is C10H24O3S2Si. The molecule has 0 aromatic carbocycles. The number of rotatable bonds is 11. The quantitative estimate of drug-likeness (QED) is 0.273. The third-order valence-electron chi connectivity index (χ3n) is 2.27. The Hall–Kier alpha value is 0.797. The number of thioether (sulfide) groups is 1. The first kappa shape index (κ1) is 16.8. The van der Waals surface area contributed by atoms with E-state index in [9.17, 15) is 0 Å². The molecule has 0 unspecified atom stereocenters. The lowest BCUT2D eigenvalue weighted by Gasteiger charge is -2.26. The smallest absolute Gasteiger partial charge is 0.377 e. The molecule has 0 fully saturated rings. The van der Waals surface area contributed by atoms with Crippen LogP contribution in [0.1, 0.15) is 26.2 Å². The average Bonchev–Trinajstić information content (AvgIpc) is 2.33. The molecule has 0 amide bonds. The Labute approximate surface area is 110 Å². The van der Waals surface area contributed by atoms with Crippen molar-refractivity contribution in [3.63, 3.8) is 0 Å². The molecule has 0 radical (unpaired) electrons. The Morgan fingerprint density at radius 3 is 2.38 bits per heavy atom. The Morgan fingerprint density at radius 1 is 1.19 bits per heavy atom. The molecule has 0 N–H and O–H groups in total. The Morgan fingerprint density at radius 2 is 1.88 bits per heavy atom. The molecule has 0 aliphatic carbocycles. The summed E-state index contributed by atoms with van der Waals surface area (Å²) >= 11 is 5.94. The number of unbranched alkanes of at least 4 members (excludes halogenated alkanes) is 1. The predicted octanol–water partition coefficient (Wildman–Crippen LogP) is 3.05. The molecule has 0 spiro atoms. The first-order valence-corrected chi connectivity index (χ1v) is 9.39. The van der Waals surface area contributed by atoms with Crippen LogP contribution >= 0.6 is 24.4 Å². The zero-order valence-electron chi connectivity index (χ0n) is 10.5. The summed E-state index contributed by atoms with van der Waals surface area (Å²) in [5, 5.41) is 0. The van der Waals surface area contributed by atoms with Gasteiger partial charge in [0.15, 0.2) is 0 Å². The van der Waals surface area contributed by atoms with Crippen molar-refractivity contribution in [3.8, 4) is 0 Å². The van der Waals surface area contributed by atoms with Gasteiger partial charge in [-0.3, -0.25) is 0 Å². The van der Waals surface area contributed by atoms with E-state index in [4.69, 9.17) is 13.3 Å². The molecular weight excluding hydrogens is 260 g/mol. The third-order valence-corrected chi connectivity index (χ3v) is 6.45. The van der Waals surface area contributed by atoms with Crippen molar-refractivity contribution in [2.75, 3.05) is 31.7 Å². The molecule has 0 aromatic rings. The van der Waals surface area contributed by atoms with E-state index in [2.05, 4.69) is 19.6 Å². The van der Waals surface area contributed by atoms with Crippen LogP contribution in [0.5, 0.6) is 0 Å². The second-order valence-electron chi connectivity index (χ2n) is 3.44. The fourth-order valence-corrected chi connectivity index (χ4v) is 4.86. The van der Waals surface area contributed by atoms with Gasteiger partial charge in [-0.25, -0.2) is 0 Å². The summed E-state index contributed by atoms with van der Waals surface area (Å²) in [7, 11) is 1.00. The molecule has 3 nitrogen and oxygen atoms in total. The summed E-state index contributed by atoms with van der Waals surface area (Å²) in [5.41, 5.74) is 0. The van der Waals surface area contributed by atoms with Crippen molar-refractivity contribution < 1.29 is 13.3 Å². The molecule has 0 heterocycles. The molecule has 0 bridgehead atoms. The van der Waals surface area contributed by atoms with Gasteiger partial charge in [-0.1, -0.05) is 13.3 Å². The molecule has 0 aliphatic rings. The number of hydrogen-bond acceptors (Lipinski definition) is 5. The third kappa shape index (κ3) is 7.19. The van der Waals surface area contributed by atoms with Gasteiger partial charge in [0.2, 0.25) is 0 Å². The van der Waals surface area contributed by atoms with E-state index in [1.54, 1.807) is 26.0 Å². The van der Waals surface area contributed by atoms with E-state index in [1.807, 2.05) is 0 Å². The van der Waals surface area contributed by atoms with Gasteiger partial charge in [0.05, 0.1) is 5.94 Å². The number of thiol groups is 1. The van der Waals surface area contributed by atoms with E-state index in [1.165, 1.54) is 0 Å². The van der Waals surface area contributed by atoms with Crippen molar-refractivity contribution in [2.45, 2.75) is 32.2 Å². The molecule has 0 aromatic heterocycles. The fraction of sp³-hybridized carbons (Fsp3) is 1.00. The van der Waals surface area contributed by atoms with Crippen molar-refractivity contribution >= 4 is 33.2 Å². The van der Waals surface area contributed by atoms with Gasteiger partial charge >= 0.3 is 8.80 Å². The van der Waals surface area contributed by atoms with E-state index in [0.717, 1.165) is 36.8 Å². The van der Waals surface area contributed by atoms with Crippen LogP contribution in [-0.4, -0.2) is 40.5 Å². The highest BCUT2D eigenvalue weighted by Crippen LogP contribution is 2.19. The van der Waals surface area contributed by atoms with E-state index in [-0.39, 0.29) is 0 Å². The molecule has 16 heavy (non-hydrogen) atoms. The molecule has 0 aliphatic heterocycles. The Balaban J connectivity index is 3.82. The van der Waals surface area contributed by atoms with Gasteiger partial charge in [0.1, 0.15) is 0 Å². The van der Waals surface area contributed by atoms with Crippen molar-refractivity contribution in [1.29, 1.82) is 0 Å². The minimum absolute atomic E-state index is 0.658. The van der Waals surface area contributed by atoms with Crippen LogP contribution in [0, 0.1) is 0 Å². The summed E-state index contributed by atoms with van der Waals surface area (Å²) in [6.07, 6.45) is 3.34.